The first-order valence-electron chi connectivity index (χ1n) is 9.10. The fourth-order valence-corrected chi connectivity index (χ4v) is 3.03. The maximum Gasteiger partial charge on any atom is 0.271 e. The molecule has 1 amide bonds. The van der Waals surface area contributed by atoms with Crippen LogP contribution in [0.2, 0.25) is 0 Å². The van der Waals surface area contributed by atoms with Crippen molar-refractivity contribution in [1.29, 1.82) is 5.26 Å². The Balaban J connectivity index is 1.78. The van der Waals surface area contributed by atoms with Crippen LogP contribution in [0.4, 0.5) is 11.4 Å². The van der Waals surface area contributed by atoms with Gasteiger partial charge < -0.3 is 10.1 Å². The first kappa shape index (κ1) is 22.0. The van der Waals surface area contributed by atoms with E-state index in [1.165, 1.54) is 30.3 Å². The molecule has 0 aliphatic heterocycles. The fourth-order valence-electron chi connectivity index (χ4n) is 2.67. The number of nitriles is 1. The van der Waals surface area contributed by atoms with Crippen LogP contribution in [0.25, 0.3) is 6.08 Å². The maximum absolute atomic E-state index is 12.5. The molecule has 7 nitrogen and oxygen atoms in total. The molecule has 3 rings (SSSR count). The van der Waals surface area contributed by atoms with Crippen molar-refractivity contribution in [2.45, 2.75) is 6.61 Å². The number of hydrogen-bond donors (Lipinski definition) is 1. The highest BCUT2D eigenvalue weighted by atomic mass is 127. The summed E-state index contributed by atoms with van der Waals surface area (Å²) in [5, 5.41) is 22.9. The summed E-state index contributed by atoms with van der Waals surface area (Å²) < 4.78 is 7.01. The number of anilines is 1. The highest BCUT2D eigenvalue weighted by molar-refractivity contribution is 14.1. The van der Waals surface area contributed by atoms with Gasteiger partial charge in [0, 0.05) is 27.0 Å². The Morgan fingerprint density at radius 2 is 1.87 bits per heavy atom. The van der Waals surface area contributed by atoms with Crippen molar-refractivity contribution >= 4 is 45.9 Å². The summed E-state index contributed by atoms with van der Waals surface area (Å²) in [5.74, 6) is -0.146. The van der Waals surface area contributed by atoms with Crippen molar-refractivity contribution in [2.24, 2.45) is 0 Å². The van der Waals surface area contributed by atoms with Gasteiger partial charge >= 0.3 is 0 Å². The molecule has 0 spiro atoms. The van der Waals surface area contributed by atoms with Gasteiger partial charge in [-0.15, -0.1) is 0 Å². The molecule has 31 heavy (non-hydrogen) atoms. The number of nitrogens with one attached hydrogen (secondary N) is 1. The van der Waals surface area contributed by atoms with E-state index in [1.807, 2.05) is 30.3 Å². The van der Waals surface area contributed by atoms with E-state index in [4.69, 9.17) is 4.74 Å². The third-order valence-corrected chi connectivity index (χ3v) is 4.93. The normalized spacial score (nSPS) is 10.8. The predicted molar refractivity (Wildman–Crippen MR) is 125 cm³/mol. The smallest absolute Gasteiger partial charge is 0.271 e. The molecule has 154 valence electrons. The van der Waals surface area contributed by atoms with Gasteiger partial charge in [0.1, 0.15) is 24.0 Å². The Labute approximate surface area is 192 Å². The Morgan fingerprint density at radius 1 is 1.13 bits per heavy atom. The van der Waals surface area contributed by atoms with Gasteiger partial charge in [0.25, 0.3) is 11.6 Å². The number of halogens is 1. The average Bonchev–Trinajstić information content (AvgIpc) is 2.77. The van der Waals surface area contributed by atoms with E-state index in [0.717, 1.165) is 9.13 Å². The van der Waals surface area contributed by atoms with Gasteiger partial charge in [-0.25, -0.2) is 0 Å². The number of benzene rings is 3. The lowest BCUT2D eigenvalue weighted by Crippen LogP contribution is -2.13. The van der Waals surface area contributed by atoms with Crippen molar-refractivity contribution < 1.29 is 14.5 Å². The largest absolute Gasteiger partial charge is 0.488 e. The molecule has 0 aliphatic carbocycles. The lowest BCUT2D eigenvalue weighted by Gasteiger charge is -2.10. The zero-order valence-electron chi connectivity index (χ0n) is 16.1. The number of hydrogen-bond acceptors (Lipinski definition) is 5. The number of non-ortho nitro benzene ring substituents is 1. The van der Waals surface area contributed by atoms with E-state index in [2.05, 4.69) is 27.9 Å². The van der Waals surface area contributed by atoms with Crippen LogP contribution in [0, 0.1) is 25.0 Å². The van der Waals surface area contributed by atoms with Crippen LogP contribution in [0.1, 0.15) is 11.1 Å². The van der Waals surface area contributed by atoms with Gasteiger partial charge in [0.15, 0.2) is 0 Å². The molecule has 3 aromatic carbocycles. The molecule has 0 saturated carbocycles. The third-order valence-electron chi connectivity index (χ3n) is 4.21. The SMILES string of the molecule is N#C/C(=C\c1ccccc1OCc1ccc(I)cc1)C(=O)Nc1cccc([N+](=O)[O-])c1. The van der Waals surface area contributed by atoms with Gasteiger partial charge in [0.2, 0.25) is 0 Å². The number of ether oxygens (including phenoxy) is 1. The highest BCUT2D eigenvalue weighted by Gasteiger charge is 2.13. The second-order valence-electron chi connectivity index (χ2n) is 6.38. The first-order valence-corrected chi connectivity index (χ1v) is 10.2. The van der Waals surface area contributed by atoms with E-state index in [1.54, 1.807) is 24.3 Å². The second kappa shape index (κ2) is 10.4. The van der Waals surface area contributed by atoms with Crippen molar-refractivity contribution in [3.05, 3.63) is 103 Å². The molecular weight excluding hydrogens is 509 g/mol. The lowest BCUT2D eigenvalue weighted by atomic mass is 10.1. The zero-order chi connectivity index (χ0) is 22.2. The Morgan fingerprint density at radius 3 is 2.58 bits per heavy atom. The molecule has 0 heterocycles. The summed E-state index contributed by atoms with van der Waals surface area (Å²) in [6.45, 7) is 0.337. The van der Waals surface area contributed by atoms with E-state index in [-0.39, 0.29) is 16.9 Å². The van der Waals surface area contributed by atoms with Crippen molar-refractivity contribution in [3.8, 4) is 11.8 Å². The van der Waals surface area contributed by atoms with Gasteiger partial charge in [-0.1, -0.05) is 36.4 Å². The van der Waals surface area contributed by atoms with E-state index in [9.17, 15) is 20.2 Å². The van der Waals surface area contributed by atoms with E-state index < -0.39 is 10.8 Å². The van der Waals surface area contributed by atoms with E-state index >= 15 is 0 Å². The maximum atomic E-state index is 12.5. The molecular formula is C23H16IN3O4. The number of nitro groups is 1. The predicted octanol–water partition coefficient (Wildman–Crippen LogP) is 5.32. The summed E-state index contributed by atoms with van der Waals surface area (Å²) in [5.41, 5.74) is 1.47. The Kier molecular flexibility index (Phi) is 7.35. The Hall–Kier alpha value is -3.71. The van der Waals surface area contributed by atoms with Crippen LogP contribution in [0.3, 0.4) is 0 Å². The summed E-state index contributed by atoms with van der Waals surface area (Å²) >= 11 is 2.23. The molecule has 0 aliphatic rings. The number of para-hydroxylation sites is 1. The van der Waals surface area contributed by atoms with Crippen molar-refractivity contribution in [1.82, 2.24) is 0 Å². The number of amides is 1. The molecule has 1 N–H and O–H groups in total. The quantitative estimate of drug-likeness (QED) is 0.148. The van der Waals surface area contributed by atoms with Crippen LogP contribution in [-0.4, -0.2) is 10.8 Å². The lowest BCUT2D eigenvalue weighted by molar-refractivity contribution is -0.384. The molecule has 0 bridgehead atoms. The average molecular weight is 525 g/mol. The number of carbonyl (C=O) groups is 1. The number of carbonyl (C=O) groups excluding carboxylic acids is 1. The first-order chi connectivity index (χ1) is 15.0. The molecule has 3 aromatic rings. The third kappa shape index (κ3) is 6.13. The molecule has 0 atom stereocenters. The minimum atomic E-state index is -0.671. The van der Waals surface area contributed by atoms with Gasteiger partial charge in [-0.2, -0.15) is 5.26 Å². The number of nitro benzene ring substituents is 1. The monoisotopic (exact) mass is 525 g/mol. The molecule has 0 fully saturated rings. The molecule has 0 unspecified atom stereocenters. The number of rotatable bonds is 7. The molecule has 8 heteroatoms. The van der Waals surface area contributed by atoms with Crippen molar-refractivity contribution in [3.63, 3.8) is 0 Å². The topological polar surface area (TPSA) is 105 Å². The van der Waals surface area contributed by atoms with Crippen LogP contribution in [-0.2, 0) is 11.4 Å². The van der Waals surface area contributed by atoms with E-state index in [0.29, 0.717) is 17.9 Å². The van der Waals surface area contributed by atoms with Gasteiger partial charge in [-0.3, -0.25) is 14.9 Å². The zero-order valence-corrected chi connectivity index (χ0v) is 18.3. The van der Waals surface area contributed by atoms with Gasteiger partial charge in [0.05, 0.1) is 4.92 Å². The fraction of sp³-hybridized carbons (Fsp3) is 0.0435. The summed E-state index contributed by atoms with van der Waals surface area (Å²) in [4.78, 5) is 22.9. The molecule has 0 aromatic heterocycles. The van der Waals surface area contributed by atoms with Crippen molar-refractivity contribution in [2.75, 3.05) is 5.32 Å². The summed E-state index contributed by atoms with van der Waals surface area (Å²) in [6.07, 6.45) is 1.43. The van der Waals surface area contributed by atoms with Gasteiger partial charge in [-0.05, 0) is 58.5 Å². The Bertz CT molecular complexity index is 1180. The van der Waals surface area contributed by atoms with Crippen LogP contribution in [0.5, 0.6) is 5.75 Å². The minimum absolute atomic E-state index is 0.156. The van der Waals surface area contributed by atoms with Crippen LogP contribution < -0.4 is 10.1 Å². The highest BCUT2D eigenvalue weighted by Crippen LogP contribution is 2.23. The van der Waals surface area contributed by atoms with Crippen LogP contribution in [0.15, 0.2) is 78.4 Å². The minimum Gasteiger partial charge on any atom is -0.488 e. The standard InChI is InChI=1S/C23H16IN3O4/c24-19-10-8-16(9-11-19)15-31-22-7-2-1-4-17(22)12-18(14-25)23(28)26-20-5-3-6-21(13-20)27(29)30/h1-13H,15H2,(H,26,28)/b18-12+. The molecule has 0 radical (unpaired) electrons. The summed E-state index contributed by atoms with van der Waals surface area (Å²) in [7, 11) is 0. The molecule has 0 saturated heterocycles. The number of nitrogens with zero attached hydrogens (tertiary/aromatic N) is 2. The summed E-state index contributed by atoms with van der Waals surface area (Å²) in [6, 6.07) is 22.4. The second-order valence-corrected chi connectivity index (χ2v) is 7.63. The van der Waals surface area contributed by atoms with Crippen LogP contribution >= 0.6 is 22.6 Å².